The number of benzene rings is 2. The molecule has 1 unspecified atom stereocenters. The first-order valence-electron chi connectivity index (χ1n) is 14.8. The monoisotopic (exact) mass is 590 g/mol. The Bertz CT molecular complexity index is 1290. The highest BCUT2D eigenvalue weighted by Crippen LogP contribution is 2.21. The fourth-order valence-electron chi connectivity index (χ4n) is 4.44. The summed E-state index contributed by atoms with van der Waals surface area (Å²) in [7, 11) is 0. The summed E-state index contributed by atoms with van der Waals surface area (Å²) in [5, 5.41) is 2.86. The van der Waals surface area contributed by atoms with E-state index in [-0.39, 0.29) is 24.9 Å². The Morgan fingerprint density at radius 3 is 2.26 bits per heavy atom. The van der Waals surface area contributed by atoms with Crippen molar-refractivity contribution in [2.45, 2.75) is 84.5 Å². The number of carbonyl (C=O) groups excluding carboxylic acids is 3. The van der Waals surface area contributed by atoms with Gasteiger partial charge in [-0.25, -0.2) is 4.79 Å². The number of rotatable bonds is 15. The van der Waals surface area contributed by atoms with Crippen LogP contribution in [-0.2, 0) is 25.6 Å². The summed E-state index contributed by atoms with van der Waals surface area (Å²) < 4.78 is 16.9. The maximum absolute atomic E-state index is 13.3. The molecule has 0 bridgehead atoms. The second-order valence-corrected chi connectivity index (χ2v) is 11.5. The smallest absolute Gasteiger partial charge is 0.343 e. The van der Waals surface area contributed by atoms with E-state index in [1.54, 1.807) is 51.1 Å². The molecule has 0 fully saturated rings. The summed E-state index contributed by atoms with van der Waals surface area (Å²) in [6.45, 7) is 8.00. The molecule has 1 amide bonds. The summed E-state index contributed by atoms with van der Waals surface area (Å²) in [5.74, 6) is -1.06. The molecule has 1 aliphatic carbocycles. The fraction of sp³-hybridized carbons (Fsp3) is 0.441. The SMILES string of the molecule is CCCCCCCOC1C=CC(C(=O)Oc2ccc(CN(CC(=O)OC(C)(C)C)C(=O)c3ccc(N=O)cc3)cc2)=CC1. The van der Waals surface area contributed by atoms with Crippen LogP contribution in [0.1, 0.15) is 82.1 Å². The van der Waals surface area contributed by atoms with Crippen molar-refractivity contribution in [2.24, 2.45) is 5.18 Å². The molecule has 0 saturated heterocycles. The number of ether oxygens (including phenoxy) is 3. The topological polar surface area (TPSA) is 112 Å². The van der Waals surface area contributed by atoms with Crippen molar-refractivity contribution in [3.8, 4) is 5.75 Å². The van der Waals surface area contributed by atoms with Crippen LogP contribution in [0.25, 0.3) is 0 Å². The van der Waals surface area contributed by atoms with Crippen molar-refractivity contribution in [3.05, 3.63) is 88.4 Å². The zero-order valence-electron chi connectivity index (χ0n) is 25.5. The van der Waals surface area contributed by atoms with Crippen LogP contribution in [0.2, 0.25) is 0 Å². The van der Waals surface area contributed by atoms with Gasteiger partial charge < -0.3 is 19.1 Å². The van der Waals surface area contributed by atoms with Crippen molar-refractivity contribution in [1.82, 2.24) is 4.90 Å². The molecule has 230 valence electrons. The van der Waals surface area contributed by atoms with E-state index in [9.17, 15) is 19.3 Å². The molecule has 0 spiro atoms. The third kappa shape index (κ3) is 11.6. The first kappa shape index (κ1) is 33.4. The van der Waals surface area contributed by atoms with Crippen LogP contribution in [0.15, 0.2) is 77.5 Å². The van der Waals surface area contributed by atoms with E-state index in [0.717, 1.165) is 6.42 Å². The van der Waals surface area contributed by atoms with Gasteiger partial charge in [-0.15, -0.1) is 4.91 Å². The van der Waals surface area contributed by atoms with Crippen molar-refractivity contribution in [2.75, 3.05) is 13.2 Å². The third-order valence-corrected chi connectivity index (χ3v) is 6.63. The summed E-state index contributed by atoms with van der Waals surface area (Å²) in [6.07, 6.45) is 12.0. The first-order valence-corrected chi connectivity index (χ1v) is 14.8. The third-order valence-electron chi connectivity index (χ3n) is 6.63. The molecule has 43 heavy (non-hydrogen) atoms. The van der Waals surface area contributed by atoms with Crippen molar-refractivity contribution >= 4 is 23.5 Å². The maximum Gasteiger partial charge on any atom is 0.343 e. The van der Waals surface area contributed by atoms with Crippen molar-refractivity contribution < 1.29 is 28.6 Å². The zero-order chi connectivity index (χ0) is 31.2. The molecule has 3 rings (SSSR count). The highest BCUT2D eigenvalue weighted by atomic mass is 16.6. The minimum atomic E-state index is -0.709. The number of hydrogen-bond acceptors (Lipinski definition) is 8. The minimum Gasteiger partial charge on any atom is -0.459 e. The summed E-state index contributed by atoms with van der Waals surface area (Å²) in [6, 6.07) is 12.6. The van der Waals surface area contributed by atoms with E-state index < -0.39 is 23.4 Å². The van der Waals surface area contributed by atoms with Gasteiger partial charge in [-0.1, -0.05) is 56.9 Å². The Balaban J connectivity index is 1.58. The maximum atomic E-state index is 13.3. The van der Waals surface area contributed by atoms with Crippen LogP contribution in [0.3, 0.4) is 0 Å². The van der Waals surface area contributed by atoms with E-state index in [0.29, 0.717) is 35.5 Å². The van der Waals surface area contributed by atoms with Crippen LogP contribution in [0.5, 0.6) is 5.75 Å². The van der Waals surface area contributed by atoms with Crippen molar-refractivity contribution in [1.29, 1.82) is 0 Å². The molecule has 0 aliphatic heterocycles. The number of amides is 1. The quantitative estimate of drug-likeness (QED) is 0.0932. The first-order chi connectivity index (χ1) is 20.6. The highest BCUT2D eigenvalue weighted by molar-refractivity contribution is 5.96. The number of esters is 2. The van der Waals surface area contributed by atoms with Gasteiger partial charge in [0.25, 0.3) is 5.91 Å². The molecule has 2 aromatic carbocycles. The van der Waals surface area contributed by atoms with E-state index in [1.165, 1.54) is 54.8 Å². The Kier molecular flexibility index (Phi) is 12.8. The van der Waals surface area contributed by atoms with E-state index >= 15 is 0 Å². The molecule has 9 heteroatoms. The van der Waals surface area contributed by atoms with Gasteiger partial charge in [0.15, 0.2) is 0 Å². The number of unbranched alkanes of at least 4 members (excludes halogenated alkanes) is 4. The van der Waals surface area contributed by atoms with Crippen LogP contribution >= 0.6 is 0 Å². The van der Waals surface area contributed by atoms with Gasteiger partial charge in [0, 0.05) is 18.7 Å². The predicted octanol–water partition coefficient (Wildman–Crippen LogP) is 7.22. The molecule has 9 nitrogen and oxygen atoms in total. The molecule has 0 N–H and O–H groups in total. The van der Waals surface area contributed by atoms with Crippen LogP contribution in [0.4, 0.5) is 5.69 Å². The summed E-state index contributed by atoms with van der Waals surface area (Å²) >= 11 is 0. The number of hydrogen-bond donors (Lipinski definition) is 0. The molecule has 0 radical (unpaired) electrons. The van der Waals surface area contributed by atoms with Gasteiger partial charge in [-0.3, -0.25) is 9.59 Å². The Labute approximate surface area is 253 Å². The second-order valence-electron chi connectivity index (χ2n) is 11.5. The Hall–Kier alpha value is -4.11. The largest absolute Gasteiger partial charge is 0.459 e. The number of nitroso groups, excluding NO2 is 1. The number of carbonyl (C=O) groups is 3. The average Bonchev–Trinajstić information content (AvgIpc) is 2.98. The Morgan fingerprint density at radius 2 is 1.65 bits per heavy atom. The Morgan fingerprint density at radius 1 is 0.953 bits per heavy atom. The minimum absolute atomic E-state index is 0.0343. The van der Waals surface area contributed by atoms with Gasteiger partial charge in [-0.05, 0) is 86.8 Å². The van der Waals surface area contributed by atoms with Gasteiger partial charge >= 0.3 is 11.9 Å². The lowest BCUT2D eigenvalue weighted by Gasteiger charge is -2.25. The van der Waals surface area contributed by atoms with Gasteiger partial charge in [-0.2, -0.15) is 0 Å². The normalized spacial score (nSPS) is 14.5. The highest BCUT2D eigenvalue weighted by Gasteiger charge is 2.24. The summed E-state index contributed by atoms with van der Waals surface area (Å²) in [4.78, 5) is 50.7. The van der Waals surface area contributed by atoms with E-state index in [2.05, 4.69) is 12.1 Å². The standard InChI is InChI=1S/C34H42N2O7/c1-5-6-7-8-9-22-41-29-20-14-27(15-21-29)33(39)42-30-18-10-25(11-19-30)23-36(24-31(37)43-34(2,3)4)32(38)26-12-16-28(35-40)17-13-26/h10-20,29H,5-9,21-24H2,1-4H3. The molecule has 1 aliphatic rings. The fourth-order valence-corrected chi connectivity index (χ4v) is 4.44. The van der Waals surface area contributed by atoms with Crippen molar-refractivity contribution in [3.63, 3.8) is 0 Å². The lowest BCUT2D eigenvalue weighted by Crippen LogP contribution is -2.38. The molecular formula is C34H42N2O7. The molecule has 0 aromatic heterocycles. The lowest BCUT2D eigenvalue weighted by atomic mass is 10.1. The lowest BCUT2D eigenvalue weighted by molar-refractivity contribution is -0.155. The van der Waals surface area contributed by atoms with Gasteiger partial charge in [0.2, 0.25) is 0 Å². The summed E-state index contributed by atoms with van der Waals surface area (Å²) in [5.41, 5.74) is 0.974. The van der Waals surface area contributed by atoms with Gasteiger partial charge in [0.1, 0.15) is 23.6 Å². The van der Waals surface area contributed by atoms with E-state index in [1.807, 2.05) is 12.2 Å². The van der Waals surface area contributed by atoms with Crippen LogP contribution < -0.4 is 4.74 Å². The van der Waals surface area contributed by atoms with E-state index in [4.69, 9.17) is 14.2 Å². The molecule has 0 heterocycles. The van der Waals surface area contributed by atoms with Gasteiger partial charge in [0.05, 0.1) is 11.7 Å². The van der Waals surface area contributed by atoms with Crippen LogP contribution in [0, 0.1) is 4.91 Å². The molecule has 1 atom stereocenters. The predicted molar refractivity (Wildman–Crippen MR) is 165 cm³/mol. The van der Waals surface area contributed by atoms with Crippen LogP contribution in [-0.4, -0.2) is 47.6 Å². The molecular weight excluding hydrogens is 548 g/mol. The second kappa shape index (κ2) is 16.5. The zero-order valence-corrected chi connectivity index (χ0v) is 25.5. The molecule has 0 saturated carbocycles. The number of nitrogens with zero attached hydrogens (tertiary/aromatic N) is 2. The molecule has 2 aromatic rings. The average molecular weight is 591 g/mol.